The maximum absolute atomic E-state index is 10.6. The van der Waals surface area contributed by atoms with Crippen molar-refractivity contribution in [3.63, 3.8) is 0 Å². The number of rotatable bonds is 0. The molecule has 0 unspecified atom stereocenters. The van der Waals surface area contributed by atoms with Crippen LogP contribution in [0.5, 0.6) is 0 Å². The van der Waals surface area contributed by atoms with Crippen LogP contribution in [0.3, 0.4) is 0 Å². The zero-order valence-electron chi connectivity index (χ0n) is 5.13. The second-order valence-electron chi connectivity index (χ2n) is 2.16. The van der Waals surface area contributed by atoms with Crippen molar-refractivity contribution in [2.45, 2.75) is 19.4 Å². The lowest BCUT2D eigenvalue weighted by molar-refractivity contribution is -0.142. The molecule has 0 N–H and O–H groups in total. The van der Waals surface area contributed by atoms with Crippen molar-refractivity contribution in [1.29, 1.82) is 5.26 Å². The molecule has 1 rings (SSSR count). The molecule has 1 aliphatic heterocycles. The van der Waals surface area contributed by atoms with E-state index in [1.165, 1.54) is 0 Å². The van der Waals surface area contributed by atoms with Crippen LogP contribution in [0.1, 0.15) is 13.3 Å². The fourth-order valence-electron chi connectivity index (χ4n) is 0.862. The highest BCUT2D eigenvalue weighted by molar-refractivity contribution is 5.77. The third-order valence-electron chi connectivity index (χ3n) is 1.33. The minimum Gasteiger partial charge on any atom is -0.462 e. The molecule has 48 valence electrons. The summed E-state index contributed by atoms with van der Waals surface area (Å²) in [5.41, 5.74) is 0. The lowest BCUT2D eigenvalue weighted by Crippen LogP contribution is -2.03. The van der Waals surface area contributed by atoms with Gasteiger partial charge < -0.3 is 4.74 Å². The molecule has 9 heavy (non-hydrogen) atoms. The molecule has 0 aromatic heterocycles. The molecule has 3 heteroatoms. The van der Waals surface area contributed by atoms with Crippen LogP contribution in [0.4, 0.5) is 0 Å². The molecule has 0 radical (unpaired) electrons. The van der Waals surface area contributed by atoms with Crippen molar-refractivity contribution in [2.24, 2.45) is 5.92 Å². The topological polar surface area (TPSA) is 50.1 Å². The molecule has 0 aliphatic carbocycles. The molecule has 1 aliphatic rings. The van der Waals surface area contributed by atoms with Gasteiger partial charge in [-0.25, -0.2) is 0 Å². The number of nitrogens with zero attached hydrogens (tertiary/aromatic N) is 1. The van der Waals surface area contributed by atoms with Crippen molar-refractivity contribution in [1.82, 2.24) is 0 Å². The van der Waals surface area contributed by atoms with Crippen LogP contribution >= 0.6 is 0 Å². The summed E-state index contributed by atoms with van der Waals surface area (Å²) >= 11 is 0. The number of nitriles is 1. The Morgan fingerprint density at radius 2 is 2.56 bits per heavy atom. The lowest BCUT2D eigenvalue weighted by Gasteiger charge is -1.95. The van der Waals surface area contributed by atoms with Crippen molar-refractivity contribution in [2.75, 3.05) is 0 Å². The fraction of sp³-hybridized carbons (Fsp3) is 0.667. The average Bonchev–Trinajstić information content (AvgIpc) is 2.10. The van der Waals surface area contributed by atoms with Crippen LogP contribution in [0, 0.1) is 17.2 Å². The first-order chi connectivity index (χ1) is 4.24. The standard InChI is InChI=1S/C6H7NO2/c1-4-2-5(3-7)6(8)9-4/h4-5H,2H2,1H3/t4-,5-/m0/s1. The molecule has 0 saturated carbocycles. The Bertz CT molecular complexity index is 170. The highest BCUT2D eigenvalue weighted by Gasteiger charge is 2.31. The minimum absolute atomic E-state index is 0.0675. The van der Waals surface area contributed by atoms with Gasteiger partial charge in [-0.15, -0.1) is 0 Å². The minimum atomic E-state index is -0.514. The first-order valence-electron chi connectivity index (χ1n) is 2.84. The van der Waals surface area contributed by atoms with E-state index in [1.807, 2.05) is 6.07 Å². The van der Waals surface area contributed by atoms with Gasteiger partial charge in [0, 0.05) is 6.42 Å². The molecule has 3 nitrogen and oxygen atoms in total. The predicted octanol–water partition coefficient (Wildman–Crippen LogP) is 0.462. The molecular formula is C6H7NO2. The van der Waals surface area contributed by atoms with Gasteiger partial charge in [0.1, 0.15) is 12.0 Å². The molecule has 2 atom stereocenters. The fourth-order valence-corrected chi connectivity index (χ4v) is 0.862. The van der Waals surface area contributed by atoms with E-state index in [0.717, 1.165) is 0 Å². The van der Waals surface area contributed by atoms with E-state index in [2.05, 4.69) is 0 Å². The van der Waals surface area contributed by atoms with Gasteiger partial charge in [0.05, 0.1) is 6.07 Å². The number of ether oxygens (including phenoxy) is 1. The Morgan fingerprint density at radius 3 is 2.78 bits per heavy atom. The average molecular weight is 125 g/mol. The van der Waals surface area contributed by atoms with E-state index in [-0.39, 0.29) is 12.1 Å². The normalized spacial score (nSPS) is 33.6. The molecular weight excluding hydrogens is 118 g/mol. The lowest BCUT2D eigenvalue weighted by atomic mass is 10.1. The Labute approximate surface area is 53.2 Å². The predicted molar refractivity (Wildman–Crippen MR) is 29.3 cm³/mol. The summed E-state index contributed by atoms with van der Waals surface area (Å²) in [6.07, 6.45) is 0.483. The molecule has 0 aromatic carbocycles. The van der Waals surface area contributed by atoms with Gasteiger partial charge in [-0.1, -0.05) is 0 Å². The molecule has 0 amide bonds. The van der Waals surface area contributed by atoms with Gasteiger partial charge in [0.25, 0.3) is 0 Å². The Kier molecular flexibility index (Phi) is 1.39. The largest absolute Gasteiger partial charge is 0.462 e. The highest BCUT2D eigenvalue weighted by atomic mass is 16.5. The van der Waals surface area contributed by atoms with Gasteiger partial charge in [-0.2, -0.15) is 5.26 Å². The molecule has 0 aromatic rings. The number of hydrogen-bond acceptors (Lipinski definition) is 3. The third kappa shape index (κ3) is 1.02. The number of carbonyl (C=O) groups is 1. The van der Waals surface area contributed by atoms with Crippen LogP contribution in [0.15, 0.2) is 0 Å². The number of carbonyl (C=O) groups excluding carboxylic acids is 1. The summed E-state index contributed by atoms with van der Waals surface area (Å²) in [6, 6.07) is 1.87. The molecule has 0 spiro atoms. The first-order valence-corrected chi connectivity index (χ1v) is 2.84. The Morgan fingerprint density at radius 1 is 1.89 bits per heavy atom. The van der Waals surface area contributed by atoms with Crippen LogP contribution in [0.2, 0.25) is 0 Å². The van der Waals surface area contributed by atoms with E-state index in [9.17, 15) is 4.79 Å². The van der Waals surface area contributed by atoms with E-state index in [4.69, 9.17) is 10.00 Å². The van der Waals surface area contributed by atoms with Crippen molar-refractivity contribution in [3.8, 4) is 6.07 Å². The molecule has 0 bridgehead atoms. The monoisotopic (exact) mass is 125 g/mol. The van der Waals surface area contributed by atoms with Gasteiger partial charge >= 0.3 is 5.97 Å². The van der Waals surface area contributed by atoms with E-state index in [0.29, 0.717) is 6.42 Å². The zero-order valence-corrected chi connectivity index (χ0v) is 5.13. The summed E-state index contributed by atoms with van der Waals surface area (Å²) in [6.45, 7) is 1.79. The van der Waals surface area contributed by atoms with E-state index >= 15 is 0 Å². The summed E-state index contributed by atoms with van der Waals surface area (Å²) in [7, 11) is 0. The van der Waals surface area contributed by atoms with Gasteiger partial charge in [-0.3, -0.25) is 4.79 Å². The Balaban J connectivity index is 2.61. The quantitative estimate of drug-likeness (QED) is 0.442. The van der Waals surface area contributed by atoms with Crippen LogP contribution in [-0.2, 0) is 9.53 Å². The maximum atomic E-state index is 10.6. The Hall–Kier alpha value is -1.04. The number of esters is 1. The molecule has 1 fully saturated rings. The summed E-state index contributed by atoms with van der Waals surface area (Å²) in [5, 5.41) is 8.30. The first kappa shape index (κ1) is 6.09. The van der Waals surface area contributed by atoms with E-state index < -0.39 is 5.92 Å². The maximum Gasteiger partial charge on any atom is 0.323 e. The SMILES string of the molecule is C[C@H]1C[C@@H](C#N)C(=O)O1. The van der Waals surface area contributed by atoms with Gasteiger partial charge in [-0.05, 0) is 6.92 Å². The number of cyclic esters (lactones) is 1. The second-order valence-corrected chi connectivity index (χ2v) is 2.16. The third-order valence-corrected chi connectivity index (χ3v) is 1.33. The summed E-state index contributed by atoms with van der Waals surface area (Å²) in [4.78, 5) is 10.6. The molecule has 1 saturated heterocycles. The van der Waals surface area contributed by atoms with Crippen molar-refractivity contribution >= 4 is 5.97 Å². The highest BCUT2D eigenvalue weighted by Crippen LogP contribution is 2.19. The van der Waals surface area contributed by atoms with Gasteiger partial charge in [0.2, 0.25) is 0 Å². The van der Waals surface area contributed by atoms with Crippen molar-refractivity contribution < 1.29 is 9.53 Å². The van der Waals surface area contributed by atoms with Crippen LogP contribution in [-0.4, -0.2) is 12.1 Å². The summed E-state index contributed by atoms with van der Waals surface area (Å²) < 4.78 is 4.70. The smallest absolute Gasteiger partial charge is 0.323 e. The molecule has 1 heterocycles. The van der Waals surface area contributed by atoms with Crippen LogP contribution in [0.25, 0.3) is 0 Å². The number of hydrogen-bond donors (Lipinski definition) is 0. The van der Waals surface area contributed by atoms with Crippen LogP contribution < -0.4 is 0 Å². The summed E-state index contributed by atoms with van der Waals surface area (Å²) in [5.74, 6) is -0.884. The van der Waals surface area contributed by atoms with Crippen molar-refractivity contribution in [3.05, 3.63) is 0 Å². The zero-order chi connectivity index (χ0) is 6.85. The van der Waals surface area contributed by atoms with E-state index in [1.54, 1.807) is 6.92 Å². The van der Waals surface area contributed by atoms with Gasteiger partial charge in [0.15, 0.2) is 0 Å². The second kappa shape index (κ2) is 2.06.